The van der Waals surface area contributed by atoms with Crippen LogP contribution in [0.25, 0.3) is 11.0 Å². The van der Waals surface area contributed by atoms with Crippen molar-refractivity contribution < 1.29 is 14.1 Å². The first-order valence-electron chi connectivity index (χ1n) is 8.03. The molecule has 6 nitrogen and oxygen atoms in total. The van der Waals surface area contributed by atoms with Gasteiger partial charge in [-0.1, -0.05) is 29.4 Å². The third-order valence-corrected chi connectivity index (χ3v) is 3.86. The second kappa shape index (κ2) is 7.17. The van der Waals surface area contributed by atoms with Crippen LogP contribution in [0.15, 0.2) is 53.1 Å². The number of hydrogen-bond donors (Lipinski definition) is 2. The second-order valence-electron chi connectivity index (χ2n) is 5.90. The van der Waals surface area contributed by atoms with Crippen molar-refractivity contribution in [1.82, 2.24) is 10.5 Å². The molecule has 1 atom stereocenters. The lowest BCUT2D eigenvalue weighted by Gasteiger charge is -2.15. The van der Waals surface area contributed by atoms with Gasteiger partial charge in [0.15, 0.2) is 5.58 Å². The molecule has 0 saturated carbocycles. The Kier molecular flexibility index (Phi) is 4.79. The fourth-order valence-electron chi connectivity index (χ4n) is 2.68. The first-order valence-corrected chi connectivity index (χ1v) is 8.03. The summed E-state index contributed by atoms with van der Waals surface area (Å²) in [4.78, 5) is 23.5. The average Bonchev–Trinajstić information content (AvgIpc) is 2.97. The van der Waals surface area contributed by atoms with Crippen molar-refractivity contribution in [2.75, 3.05) is 5.32 Å². The molecule has 0 unspecified atom stereocenters. The number of amides is 2. The number of hydrogen-bond acceptors (Lipinski definition) is 4. The van der Waals surface area contributed by atoms with E-state index in [-0.39, 0.29) is 24.3 Å². The molecule has 0 radical (unpaired) electrons. The van der Waals surface area contributed by atoms with Crippen LogP contribution >= 0.6 is 0 Å². The first kappa shape index (κ1) is 16.7. The molecule has 0 saturated heterocycles. The summed E-state index contributed by atoms with van der Waals surface area (Å²) in [7, 11) is 0. The Balaban J connectivity index is 1.67. The van der Waals surface area contributed by atoms with E-state index in [0.29, 0.717) is 17.0 Å². The first-order chi connectivity index (χ1) is 12.0. The zero-order chi connectivity index (χ0) is 17.8. The Bertz CT molecular complexity index is 917. The highest BCUT2D eigenvalue weighted by Crippen LogP contribution is 2.20. The standard InChI is InChI=1S/C19H19N3O3/c1-12(14-6-5-7-15(10-14)21-13(2)23)20-19(24)11-17-16-8-3-4-9-18(16)25-22-17/h3-10,12H,11H2,1-2H3,(H,20,24)(H,21,23)/t12-/m1/s1. The largest absolute Gasteiger partial charge is 0.356 e. The maximum atomic E-state index is 12.3. The second-order valence-corrected chi connectivity index (χ2v) is 5.90. The molecular weight excluding hydrogens is 318 g/mol. The molecule has 2 N–H and O–H groups in total. The summed E-state index contributed by atoms with van der Waals surface area (Å²) in [5, 5.41) is 10.5. The van der Waals surface area contributed by atoms with E-state index in [1.807, 2.05) is 49.4 Å². The van der Waals surface area contributed by atoms with Crippen LogP contribution in [0.3, 0.4) is 0 Å². The molecule has 1 heterocycles. The molecule has 2 amide bonds. The Labute approximate surface area is 145 Å². The summed E-state index contributed by atoms with van der Waals surface area (Å²) in [6, 6.07) is 14.7. The topological polar surface area (TPSA) is 84.2 Å². The highest BCUT2D eigenvalue weighted by Gasteiger charge is 2.15. The lowest BCUT2D eigenvalue weighted by atomic mass is 10.1. The third kappa shape index (κ3) is 4.03. The van der Waals surface area contributed by atoms with Crippen molar-refractivity contribution in [2.24, 2.45) is 0 Å². The van der Waals surface area contributed by atoms with E-state index < -0.39 is 0 Å². The molecule has 2 aromatic carbocycles. The van der Waals surface area contributed by atoms with Gasteiger partial charge in [0.25, 0.3) is 0 Å². The number of aromatic nitrogens is 1. The van der Waals surface area contributed by atoms with E-state index in [0.717, 1.165) is 10.9 Å². The number of fused-ring (bicyclic) bond motifs is 1. The summed E-state index contributed by atoms with van der Waals surface area (Å²) < 4.78 is 5.22. The molecular formula is C19H19N3O3. The highest BCUT2D eigenvalue weighted by atomic mass is 16.5. The lowest BCUT2D eigenvalue weighted by molar-refractivity contribution is -0.121. The van der Waals surface area contributed by atoms with Gasteiger partial charge >= 0.3 is 0 Å². The van der Waals surface area contributed by atoms with E-state index in [4.69, 9.17) is 4.52 Å². The van der Waals surface area contributed by atoms with Crippen LogP contribution in [0, 0.1) is 0 Å². The minimum Gasteiger partial charge on any atom is -0.356 e. The summed E-state index contributed by atoms with van der Waals surface area (Å²) in [5.74, 6) is -0.275. The van der Waals surface area contributed by atoms with Crippen LogP contribution in [-0.4, -0.2) is 17.0 Å². The Hall–Kier alpha value is -3.15. The maximum absolute atomic E-state index is 12.3. The number of para-hydroxylation sites is 1. The minimum absolute atomic E-state index is 0.133. The van der Waals surface area contributed by atoms with Gasteiger partial charge in [0.05, 0.1) is 12.5 Å². The van der Waals surface area contributed by atoms with Crippen LogP contribution in [0.2, 0.25) is 0 Å². The molecule has 1 aromatic heterocycles. The molecule has 0 spiro atoms. The van der Waals surface area contributed by atoms with Crippen LogP contribution < -0.4 is 10.6 Å². The zero-order valence-corrected chi connectivity index (χ0v) is 14.1. The molecule has 0 aliphatic rings. The molecule has 0 aliphatic heterocycles. The zero-order valence-electron chi connectivity index (χ0n) is 14.1. The van der Waals surface area contributed by atoms with Crippen LogP contribution in [0.5, 0.6) is 0 Å². The van der Waals surface area contributed by atoms with Crippen LogP contribution in [0.1, 0.15) is 31.1 Å². The smallest absolute Gasteiger partial charge is 0.226 e. The van der Waals surface area contributed by atoms with Gasteiger partial charge in [0.1, 0.15) is 5.69 Å². The molecule has 6 heteroatoms. The number of nitrogens with zero attached hydrogens (tertiary/aromatic N) is 1. The normalized spacial score (nSPS) is 11.9. The quantitative estimate of drug-likeness (QED) is 0.749. The Morgan fingerprint density at radius 2 is 1.96 bits per heavy atom. The molecule has 128 valence electrons. The third-order valence-electron chi connectivity index (χ3n) is 3.86. The number of anilines is 1. The summed E-state index contributed by atoms with van der Waals surface area (Å²) in [6.07, 6.45) is 0.146. The van der Waals surface area contributed by atoms with Crippen LogP contribution in [-0.2, 0) is 16.0 Å². The van der Waals surface area contributed by atoms with E-state index in [9.17, 15) is 9.59 Å². The molecule has 3 rings (SSSR count). The Morgan fingerprint density at radius 3 is 2.76 bits per heavy atom. The Morgan fingerprint density at radius 1 is 1.16 bits per heavy atom. The van der Waals surface area contributed by atoms with E-state index in [1.165, 1.54) is 6.92 Å². The van der Waals surface area contributed by atoms with E-state index in [1.54, 1.807) is 6.07 Å². The van der Waals surface area contributed by atoms with Crippen molar-refractivity contribution in [2.45, 2.75) is 26.3 Å². The van der Waals surface area contributed by atoms with Crippen molar-refractivity contribution in [3.8, 4) is 0 Å². The number of rotatable bonds is 5. The van der Waals surface area contributed by atoms with Gasteiger partial charge in [0.2, 0.25) is 11.8 Å². The van der Waals surface area contributed by atoms with Gasteiger partial charge in [0, 0.05) is 18.0 Å². The summed E-state index contributed by atoms with van der Waals surface area (Å²) >= 11 is 0. The van der Waals surface area contributed by atoms with E-state index in [2.05, 4.69) is 15.8 Å². The fraction of sp³-hybridized carbons (Fsp3) is 0.211. The van der Waals surface area contributed by atoms with Gasteiger partial charge in [-0.25, -0.2) is 0 Å². The van der Waals surface area contributed by atoms with Gasteiger partial charge in [-0.05, 0) is 36.8 Å². The minimum atomic E-state index is -0.195. The predicted molar refractivity (Wildman–Crippen MR) is 95.0 cm³/mol. The molecule has 3 aromatic rings. The molecule has 0 aliphatic carbocycles. The molecule has 0 bridgehead atoms. The predicted octanol–water partition coefficient (Wildman–Crippen LogP) is 3.21. The van der Waals surface area contributed by atoms with Gasteiger partial charge in [-0.15, -0.1) is 0 Å². The maximum Gasteiger partial charge on any atom is 0.226 e. The molecule has 25 heavy (non-hydrogen) atoms. The number of carbonyl (C=O) groups excluding carboxylic acids is 2. The summed E-state index contributed by atoms with van der Waals surface area (Å²) in [5.41, 5.74) is 2.90. The monoisotopic (exact) mass is 337 g/mol. The summed E-state index contributed by atoms with van der Waals surface area (Å²) in [6.45, 7) is 3.35. The number of benzene rings is 2. The average molecular weight is 337 g/mol. The van der Waals surface area contributed by atoms with Gasteiger partial charge in [-0.3, -0.25) is 9.59 Å². The lowest BCUT2D eigenvalue weighted by Crippen LogP contribution is -2.28. The van der Waals surface area contributed by atoms with E-state index >= 15 is 0 Å². The van der Waals surface area contributed by atoms with Crippen molar-refractivity contribution in [1.29, 1.82) is 0 Å². The van der Waals surface area contributed by atoms with Crippen molar-refractivity contribution >= 4 is 28.5 Å². The van der Waals surface area contributed by atoms with Crippen molar-refractivity contribution in [3.63, 3.8) is 0 Å². The van der Waals surface area contributed by atoms with Crippen molar-refractivity contribution in [3.05, 3.63) is 59.8 Å². The number of carbonyl (C=O) groups is 2. The van der Waals surface area contributed by atoms with Crippen LogP contribution in [0.4, 0.5) is 5.69 Å². The fourth-order valence-corrected chi connectivity index (χ4v) is 2.68. The number of nitrogens with one attached hydrogen (secondary N) is 2. The highest BCUT2D eigenvalue weighted by molar-refractivity contribution is 5.89. The van der Waals surface area contributed by atoms with Gasteiger partial charge < -0.3 is 15.2 Å². The molecule has 0 fully saturated rings. The van der Waals surface area contributed by atoms with Gasteiger partial charge in [-0.2, -0.15) is 0 Å². The SMILES string of the molecule is CC(=O)Nc1cccc([C@@H](C)NC(=O)Cc2noc3ccccc23)c1.